The third kappa shape index (κ3) is 1.72. The lowest BCUT2D eigenvalue weighted by Crippen LogP contribution is -2.27. The van der Waals surface area contributed by atoms with E-state index in [9.17, 15) is 4.39 Å². The molecule has 3 rings (SSSR count). The Morgan fingerprint density at radius 1 is 1.35 bits per heavy atom. The summed E-state index contributed by atoms with van der Waals surface area (Å²) in [5, 5.41) is 8.06. The second-order valence-corrected chi connectivity index (χ2v) is 4.69. The number of nitrogens with one attached hydrogen (secondary N) is 1. The highest BCUT2D eigenvalue weighted by molar-refractivity contribution is 5.80. The lowest BCUT2D eigenvalue weighted by atomic mass is 9.89. The van der Waals surface area contributed by atoms with Crippen molar-refractivity contribution in [1.29, 1.82) is 0 Å². The topological polar surface area (TPSA) is 29.9 Å². The van der Waals surface area contributed by atoms with Crippen LogP contribution in [-0.2, 0) is 7.05 Å². The molecule has 1 fully saturated rings. The van der Waals surface area contributed by atoms with E-state index < -0.39 is 0 Å². The van der Waals surface area contributed by atoms with Crippen molar-refractivity contribution in [3.8, 4) is 0 Å². The fraction of sp³-hybridized carbons (Fsp3) is 0.462. The fourth-order valence-electron chi connectivity index (χ4n) is 2.66. The Bertz CT molecular complexity index is 541. The van der Waals surface area contributed by atoms with Gasteiger partial charge < -0.3 is 5.32 Å². The average Bonchev–Trinajstić information content (AvgIpc) is 2.74. The molecule has 0 aliphatic carbocycles. The first kappa shape index (κ1) is 10.7. The summed E-state index contributed by atoms with van der Waals surface area (Å²) < 4.78 is 16.1. The van der Waals surface area contributed by atoms with Crippen LogP contribution < -0.4 is 5.32 Å². The fourth-order valence-corrected chi connectivity index (χ4v) is 2.66. The zero-order valence-electron chi connectivity index (χ0n) is 9.91. The summed E-state index contributed by atoms with van der Waals surface area (Å²) >= 11 is 0. The van der Waals surface area contributed by atoms with Gasteiger partial charge in [0.15, 0.2) is 0 Å². The first-order valence-electron chi connectivity index (χ1n) is 6.08. The number of nitrogens with zero attached hydrogens (tertiary/aromatic N) is 2. The molecule has 0 atom stereocenters. The van der Waals surface area contributed by atoms with Crippen LogP contribution in [0.2, 0.25) is 0 Å². The number of aryl methyl sites for hydroxylation is 1. The summed E-state index contributed by atoms with van der Waals surface area (Å²) in [7, 11) is 1.84. The molecule has 1 aromatic heterocycles. The van der Waals surface area contributed by atoms with Gasteiger partial charge in [0.05, 0.1) is 17.1 Å². The van der Waals surface area contributed by atoms with Crippen LogP contribution in [0, 0.1) is 5.82 Å². The van der Waals surface area contributed by atoms with Crippen LogP contribution in [0.4, 0.5) is 4.39 Å². The van der Waals surface area contributed by atoms with Crippen molar-refractivity contribution in [2.45, 2.75) is 18.8 Å². The average molecular weight is 233 g/mol. The lowest BCUT2D eigenvalue weighted by molar-refractivity contribution is 0.447. The molecule has 0 bridgehead atoms. The van der Waals surface area contributed by atoms with Crippen LogP contribution in [0.3, 0.4) is 0 Å². The molecular weight excluding hydrogens is 217 g/mol. The van der Waals surface area contributed by atoms with Gasteiger partial charge >= 0.3 is 0 Å². The van der Waals surface area contributed by atoms with Crippen LogP contribution in [0.5, 0.6) is 0 Å². The molecule has 1 N–H and O–H groups in total. The van der Waals surface area contributed by atoms with Gasteiger partial charge in [0, 0.05) is 7.05 Å². The summed E-state index contributed by atoms with van der Waals surface area (Å²) in [4.78, 5) is 0. The van der Waals surface area contributed by atoms with Crippen LogP contribution >= 0.6 is 0 Å². The molecule has 0 saturated carbocycles. The number of piperidine rings is 1. The number of halogens is 1. The van der Waals surface area contributed by atoms with E-state index >= 15 is 0 Å². The molecule has 1 aliphatic rings. The minimum atomic E-state index is -0.0810. The van der Waals surface area contributed by atoms with Gasteiger partial charge in [-0.2, -0.15) is 5.10 Å². The summed E-state index contributed by atoms with van der Waals surface area (Å²) in [6.07, 6.45) is 3.65. The van der Waals surface area contributed by atoms with Crippen molar-refractivity contribution in [1.82, 2.24) is 15.1 Å². The Labute approximate surface area is 99.6 Å². The monoisotopic (exact) mass is 233 g/mol. The van der Waals surface area contributed by atoms with Gasteiger partial charge in [0.2, 0.25) is 0 Å². The second kappa shape index (κ2) is 4.11. The SMILES string of the molecule is Cn1ncc2c(F)c(C3CCNCC3)ccc21. The molecule has 2 aromatic rings. The summed E-state index contributed by atoms with van der Waals surface area (Å²) in [6.45, 7) is 1.96. The maximum Gasteiger partial charge on any atom is 0.137 e. The summed E-state index contributed by atoms with van der Waals surface area (Å²) in [5.74, 6) is 0.267. The maximum atomic E-state index is 14.4. The smallest absolute Gasteiger partial charge is 0.137 e. The molecule has 0 spiro atoms. The highest BCUT2D eigenvalue weighted by Gasteiger charge is 2.20. The van der Waals surface area contributed by atoms with E-state index in [1.54, 1.807) is 10.9 Å². The van der Waals surface area contributed by atoms with Crippen LogP contribution in [0.1, 0.15) is 24.3 Å². The number of rotatable bonds is 1. The van der Waals surface area contributed by atoms with Crippen LogP contribution in [-0.4, -0.2) is 22.9 Å². The minimum Gasteiger partial charge on any atom is -0.317 e. The molecule has 4 heteroatoms. The van der Waals surface area contributed by atoms with Crippen molar-refractivity contribution in [2.75, 3.05) is 13.1 Å². The van der Waals surface area contributed by atoms with Crippen molar-refractivity contribution in [2.24, 2.45) is 7.05 Å². The van der Waals surface area contributed by atoms with E-state index in [2.05, 4.69) is 10.4 Å². The largest absolute Gasteiger partial charge is 0.317 e. The number of hydrogen-bond acceptors (Lipinski definition) is 2. The first-order valence-corrected chi connectivity index (χ1v) is 6.08. The van der Waals surface area contributed by atoms with Gasteiger partial charge in [-0.25, -0.2) is 4.39 Å². The van der Waals surface area contributed by atoms with Gasteiger partial charge in [0.1, 0.15) is 5.82 Å². The molecule has 1 aromatic carbocycles. The van der Waals surface area contributed by atoms with E-state index in [4.69, 9.17) is 0 Å². The Balaban J connectivity index is 2.07. The molecule has 0 amide bonds. The Morgan fingerprint density at radius 3 is 2.88 bits per heavy atom. The number of benzene rings is 1. The molecule has 3 nitrogen and oxygen atoms in total. The van der Waals surface area contributed by atoms with E-state index in [0.29, 0.717) is 11.3 Å². The number of fused-ring (bicyclic) bond motifs is 1. The normalized spacial score (nSPS) is 17.8. The molecule has 2 heterocycles. The third-order valence-corrected chi connectivity index (χ3v) is 3.67. The maximum absolute atomic E-state index is 14.4. The molecule has 1 aliphatic heterocycles. The minimum absolute atomic E-state index is 0.0810. The molecular formula is C13H16FN3. The highest BCUT2D eigenvalue weighted by atomic mass is 19.1. The Hall–Kier alpha value is -1.42. The predicted octanol–water partition coefficient (Wildman–Crippen LogP) is 2.18. The van der Waals surface area contributed by atoms with E-state index in [0.717, 1.165) is 37.0 Å². The molecule has 90 valence electrons. The lowest BCUT2D eigenvalue weighted by Gasteiger charge is -2.23. The summed E-state index contributed by atoms with van der Waals surface area (Å²) in [6, 6.07) is 3.90. The molecule has 0 radical (unpaired) electrons. The van der Waals surface area contributed by atoms with Crippen LogP contribution in [0.15, 0.2) is 18.3 Å². The predicted molar refractivity (Wildman–Crippen MR) is 65.5 cm³/mol. The quantitative estimate of drug-likeness (QED) is 0.818. The molecule has 1 saturated heterocycles. The van der Waals surface area contributed by atoms with Crippen molar-refractivity contribution < 1.29 is 4.39 Å². The Kier molecular flexibility index (Phi) is 2.59. The van der Waals surface area contributed by atoms with Crippen molar-refractivity contribution in [3.05, 3.63) is 29.7 Å². The van der Waals surface area contributed by atoms with Gasteiger partial charge in [-0.1, -0.05) is 6.07 Å². The van der Waals surface area contributed by atoms with Gasteiger partial charge in [-0.05, 0) is 43.5 Å². The zero-order valence-corrected chi connectivity index (χ0v) is 9.91. The first-order chi connectivity index (χ1) is 8.27. The Morgan fingerprint density at radius 2 is 2.12 bits per heavy atom. The van der Waals surface area contributed by atoms with Gasteiger partial charge in [-0.3, -0.25) is 4.68 Å². The second-order valence-electron chi connectivity index (χ2n) is 4.69. The van der Waals surface area contributed by atoms with Gasteiger partial charge in [-0.15, -0.1) is 0 Å². The standard InChI is InChI=1S/C13H16FN3/c1-17-12-3-2-10(9-4-6-15-7-5-9)13(14)11(12)8-16-17/h2-3,8-9,15H,4-7H2,1H3. The molecule has 0 unspecified atom stereocenters. The summed E-state index contributed by atoms with van der Waals surface area (Å²) in [5.41, 5.74) is 1.71. The highest BCUT2D eigenvalue weighted by Crippen LogP contribution is 2.31. The van der Waals surface area contributed by atoms with E-state index in [1.165, 1.54) is 0 Å². The third-order valence-electron chi connectivity index (χ3n) is 3.67. The zero-order chi connectivity index (χ0) is 11.8. The number of hydrogen-bond donors (Lipinski definition) is 1. The van der Waals surface area contributed by atoms with E-state index in [1.807, 2.05) is 19.2 Å². The van der Waals surface area contributed by atoms with E-state index in [-0.39, 0.29) is 5.82 Å². The van der Waals surface area contributed by atoms with Crippen LogP contribution in [0.25, 0.3) is 10.9 Å². The van der Waals surface area contributed by atoms with Crippen molar-refractivity contribution in [3.63, 3.8) is 0 Å². The number of aromatic nitrogens is 2. The van der Waals surface area contributed by atoms with Gasteiger partial charge in [0.25, 0.3) is 0 Å². The molecule has 17 heavy (non-hydrogen) atoms. The van der Waals surface area contributed by atoms with Crippen molar-refractivity contribution >= 4 is 10.9 Å².